The largest absolute Gasteiger partial charge is 0.481 e. The smallest absolute Gasteiger partial charge is 0.308 e. The number of furan rings is 1. The molecule has 0 aliphatic carbocycles. The molecule has 0 aromatic carbocycles. The number of hydrogen-bond donors (Lipinski definition) is 1. The van der Waals surface area contributed by atoms with Crippen LogP contribution in [0.25, 0.3) is 0 Å². The second-order valence-corrected chi connectivity index (χ2v) is 4.03. The van der Waals surface area contributed by atoms with E-state index in [1.807, 2.05) is 0 Å². The SMILES string of the molecule is COCC(=O)N(Cc1ccco1)CC(C)C(=O)O. The second kappa shape index (κ2) is 6.80. The number of methoxy groups -OCH3 is 1. The number of carboxylic acids is 1. The highest BCUT2D eigenvalue weighted by Gasteiger charge is 2.21. The minimum Gasteiger partial charge on any atom is -0.481 e. The number of carbonyl (C=O) groups excluding carboxylic acids is 1. The molecule has 0 aliphatic heterocycles. The van der Waals surface area contributed by atoms with E-state index in [1.54, 1.807) is 19.1 Å². The molecule has 6 heteroatoms. The first-order valence-electron chi connectivity index (χ1n) is 5.56. The van der Waals surface area contributed by atoms with Gasteiger partial charge in [0.15, 0.2) is 0 Å². The molecule has 1 unspecified atom stereocenters. The summed E-state index contributed by atoms with van der Waals surface area (Å²) in [6, 6.07) is 3.45. The van der Waals surface area contributed by atoms with Gasteiger partial charge in [-0.15, -0.1) is 0 Å². The van der Waals surface area contributed by atoms with Crippen LogP contribution in [-0.4, -0.2) is 42.1 Å². The maximum absolute atomic E-state index is 11.8. The first kappa shape index (κ1) is 14.2. The number of amides is 1. The summed E-state index contributed by atoms with van der Waals surface area (Å²) in [6.45, 7) is 1.84. The summed E-state index contributed by atoms with van der Waals surface area (Å²) < 4.78 is 9.93. The van der Waals surface area contributed by atoms with Gasteiger partial charge in [-0.2, -0.15) is 0 Å². The highest BCUT2D eigenvalue weighted by atomic mass is 16.5. The molecule has 0 bridgehead atoms. The molecule has 1 N–H and O–H groups in total. The van der Waals surface area contributed by atoms with Crippen molar-refractivity contribution in [1.29, 1.82) is 0 Å². The Morgan fingerprint density at radius 3 is 2.78 bits per heavy atom. The summed E-state index contributed by atoms with van der Waals surface area (Å²) in [5.41, 5.74) is 0. The Labute approximate surface area is 105 Å². The highest BCUT2D eigenvalue weighted by molar-refractivity contribution is 5.78. The lowest BCUT2D eigenvalue weighted by Gasteiger charge is -2.23. The van der Waals surface area contributed by atoms with Gasteiger partial charge < -0.3 is 19.2 Å². The third kappa shape index (κ3) is 4.21. The second-order valence-electron chi connectivity index (χ2n) is 4.03. The van der Waals surface area contributed by atoms with Crippen molar-refractivity contribution in [3.05, 3.63) is 24.2 Å². The van der Waals surface area contributed by atoms with Crippen molar-refractivity contribution in [3.8, 4) is 0 Å². The van der Waals surface area contributed by atoms with E-state index in [9.17, 15) is 9.59 Å². The Balaban J connectivity index is 2.68. The third-order valence-electron chi connectivity index (χ3n) is 2.46. The average molecular weight is 255 g/mol. The standard InChI is InChI=1S/C12H17NO5/c1-9(12(15)16)6-13(11(14)8-17-2)7-10-4-3-5-18-10/h3-5,9H,6-8H2,1-2H3,(H,15,16). The van der Waals surface area contributed by atoms with Crippen LogP contribution < -0.4 is 0 Å². The van der Waals surface area contributed by atoms with Crippen LogP contribution in [0.15, 0.2) is 22.8 Å². The van der Waals surface area contributed by atoms with Gasteiger partial charge in [0.05, 0.1) is 18.7 Å². The lowest BCUT2D eigenvalue weighted by atomic mass is 10.1. The van der Waals surface area contributed by atoms with Gasteiger partial charge in [0, 0.05) is 13.7 Å². The van der Waals surface area contributed by atoms with E-state index in [1.165, 1.54) is 18.3 Å². The number of ether oxygens (including phenoxy) is 1. The van der Waals surface area contributed by atoms with Crippen LogP contribution >= 0.6 is 0 Å². The molecule has 18 heavy (non-hydrogen) atoms. The fraction of sp³-hybridized carbons (Fsp3) is 0.500. The van der Waals surface area contributed by atoms with Gasteiger partial charge in [-0.25, -0.2) is 0 Å². The van der Waals surface area contributed by atoms with E-state index in [0.29, 0.717) is 5.76 Å². The van der Waals surface area contributed by atoms with Gasteiger partial charge in [0.2, 0.25) is 5.91 Å². The first-order valence-corrected chi connectivity index (χ1v) is 5.56. The minimum atomic E-state index is -0.940. The molecular formula is C12H17NO5. The van der Waals surface area contributed by atoms with Gasteiger partial charge in [0.1, 0.15) is 12.4 Å². The molecule has 1 aromatic rings. The molecule has 1 aromatic heterocycles. The zero-order valence-corrected chi connectivity index (χ0v) is 10.5. The zero-order valence-electron chi connectivity index (χ0n) is 10.5. The van der Waals surface area contributed by atoms with Gasteiger partial charge >= 0.3 is 5.97 Å². The molecule has 1 atom stereocenters. The van der Waals surface area contributed by atoms with Gasteiger partial charge in [-0.3, -0.25) is 9.59 Å². The molecule has 0 radical (unpaired) electrons. The summed E-state index contributed by atoms with van der Waals surface area (Å²) in [6.07, 6.45) is 1.51. The lowest BCUT2D eigenvalue weighted by molar-refractivity contribution is -0.144. The average Bonchev–Trinajstić information content (AvgIpc) is 2.81. The van der Waals surface area contributed by atoms with Crippen molar-refractivity contribution in [2.45, 2.75) is 13.5 Å². The highest BCUT2D eigenvalue weighted by Crippen LogP contribution is 2.09. The zero-order chi connectivity index (χ0) is 13.5. The van der Waals surface area contributed by atoms with Crippen LogP contribution in [0.1, 0.15) is 12.7 Å². The van der Waals surface area contributed by atoms with Gasteiger partial charge in [-0.1, -0.05) is 6.92 Å². The number of carboxylic acid groups (broad SMARTS) is 1. The molecule has 6 nitrogen and oxygen atoms in total. The Morgan fingerprint density at radius 2 is 2.28 bits per heavy atom. The fourth-order valence-corrected chi connectivity index (χ4v) is 1.47. The molecule has 0 fully saturated rings. The van der Waals surface area contributed by atoms with Crippen molar-refractivity contribution in [1.82, 2.24) is 4.90 Å². The van der Waals surface area contributed by atoms with Crippen LogP contribution in [0.4, 0.5) is 0 Å². The quantitative estimate of drug-likeness (QED) is 0.785. The number of carbonyl (C=O) groups is 2. The van der Waals surface area contributed by atoms with Crippen LogP contribution in [0.5, 0.6) is 0 Å². The van der Waals surface area contributed by atoms with Crippen LogP contribution in [0, 0.1) is 5.92 Å². The molecule has 1 rings (SSSR count). The van der Waals surface area contributed by atoms with Crippen LogP contribution in [0.3, 0.4) is 0 Å². The third-order valence-corrected chi connectivity index (χ3v) is 2.46. The molecule has 0 spiro atoms. The predicted molar refractivity (Wildman–Crippen MR) is 62.8 cm³/mol. The molecule has 100 valence electrons. The van der Waals surface area contributed by atoms with Crippen molar-refractivity contribution in [2.75, 3.05) is 20.3 Å². The van der Waals surface area contributed by atoms with Crippen molar-refractivity contribution < 1.29 is 23.8 Å². The molecule has 0 saturated heterocycles. The monoisotopic (exact) mass is 255 g/mol. The lowest BCUT2D eigenvalue weighted by Crippen LogP contribution is -2.38. The molecular weight excluding hydrogens is 238 g/mol. The summed E-state index contributed by atoms with van der Waals surface area (Å²) in [7, 11) is 1.42. The van der Waals surface area contributed by atoms with Crippen molar-refractivity contribution in [2.24, 2.45) is 5.92 Å². The van der Waals surface area contributed by atoms with Gasteiger partial charge in [0.25, 0.3) is 0 Å². The van der Waals surface area contributed by atoms with Crippen LogP contribution in [-0.2, 0) is 20.9 Å². The van der Waals surface area contributed by atoms with E-state index in [2.05, 4.69) is 0 Å². The van der Waals surface area contributed by atoms with E-state index in [-0.39, 0.29) is 25.6 Å². The number of nitrogens with zero attached hydrogens (tertiary/aromatic N) is 1. The van der Waals surface area contributed by atoms with Gasteiger partial charge in [-0.05, 0) is 12.1 Å². The topological polar surface area (TPSA) is 80.0 Å². The minimum absolute atomic E-state index is 0.0763. The summed E-state index contributed by atoms with van der Waals surface area (Å²) >= 11 is 0. The van der Waals surface area contributed by atoms with E-state index in [4.69, 9.17) is 14.3 Å². The normalized spacial score (nSPS) is 12.1. The Hall–Kier alpha value is -1.82. The van der Waals surface area contributed by atoms with E-state index < -0.39 is 11.9 Å². The van der Waals surface area contributed by atoms with E-state index >= 15 is 0 Å². The number of hydrogen-bond acceptors (Lipinski definition) is 4. The molecule has 0 saturated carbocycles. The fourth-order valence-electron chi connectivity index (χ4n) is 1.47. The predicted octanol–water partition coefficient (Wildman–Crippen LogP) is 0.975. The first-order chi connectivity index (χ1) is 8.54. The Morgan fingerprint density at radius 1 is 1.56 bits per heavy atom. The van der Waals surface area contributed by atoms with Crippen molar-refractivity contribution >= 4 is 11.9 Å². The van der Waals surface area contributed by atoms with Crippen molar-refractivity contribution in [3.63, 3.8) is 0 Å². The summed E-state index contributed by atoms with van der Waals surface area (Å²) in [4.78, 5) is 24.0. The number of aliphatic carboxylic acids is 1. The maximum atomic E-state index is 11.8. The summed E-state index contributed by atoms with van der Waals surface area (Å²) in [5.74, 6) is -1.23. The summed E-state index contributed by atoms with van der Waals surface area (Å²) in [5, 5.41) is 8.88. The molecule has 0 aliphatic rings. The molecule has 1 amide bonds. The molecule has 1 heterocycles. The van der Waals surface area contributed by atoms with Crippen LogP contribution in [0.2, 0.25) is 0 Å². The Bertz CT molecular complexity index is 387. The number of rotatable bonds is 7. The Kier molecular flexibility index (Phi) is 5.38. The van der Waals surface area contributed by atoms with E-state index in [0.717, 1.165) is 0 Å². The maximum Gasteiger partial charge on any atom is 0.308 e.